The Balaban J connectivity index is 1.47. The number of para-hydroxylation sites is 1. The van der Waals surface area contributed by atoms with E-state index in [9.17, 15) is 14.4 Å². The summed E-state index contributed by atoms with van der Waals surface area (Å²) in [5.41, 5.74) is 1.45. The number of amides is 4. The number of benzene rings is 2. The summed E-state index contributed by atoms with van der Waals surface area (Å²) < 4.78 is 5.61. The summed E-state index contributed by atoms with van der Waals surface area (Å²) in [5, 5.41) is 5.65. The summed E-state index contributed by atoms with van der Waals surface area (Å²) in [7, 11) is 0. The molecule has 1 fully saturated rings. The number of nitrogens with zero attached hydrogens (tertiary/aromatic N) is 1. The number of carbonyl (C=O) groups is 3. The van der Waals surface area contributed by atoms with E-state index >= 15 is 0 Å². The van der Waals surface area contributed by atoms with Gasteiger partial charge in [0.2, 0.25) is 5.91 Å². The molecule has 0 bridgehead atoms. The van der Waals surface area contributed by atoms with Crippen molar-refractivity contribution in [2.24, 2.45) is 0 Å². The molecule has 0 aromatic heterocycles. The Morgan fingerprint density at radius 1 is 1.21 bits per heavy atom. The molecule has 0 radical (unpaired) electrons. The minimum atomic E-state index is -1.18. The third-order valence-corrected chi connectivity index (χ3v) is 5.50. The number of imide groups is 1. The van der Waals surface area contributed by atoms with E-state index in [0.717, 1.165) is 21.8 Å². The van der Waals surface area contributed by atoms with Gasteiger partial charge >= 0.3 is 6.03 Å². The molecule has 2 aliphatic rings. The van der Waals surface area contributed by atoms with Crippen molar-refractivity contribution in [1.82, 2.24) is 15.5 Å². The van der Waals surface area contributed by atoms with Gasteiger partial charge in [-0.3, -0.25) is 14.5 Å². The molecular weight excluding hydrogens is 370 g/mol. The summed E-state index contributed by atoms with van der Waals surface area (Å²) in [6, 6.07) is 14.2. The molecule has 150 valence electrons. The fourth-order valence-electron chi connectivity index (χ4n) is 3.80. The molecule has 0 aliphatic carbocycles. The number of fused-ring (bicyclic) bond motifs is 1. The highest BCUT2D eigenvalue weighted by Crippen LogP contribution is 2.32. The smallest absolute Gasteiger partial charge is 0.325 e. The highest BCUT2D eigenvalue weighted by Gasteiger charge is 2.49. The number of carbonyl (C=O) groups excluding carboxylic acids is 3. The molecule has 29 heavy (non-hydrogen) atoms. The maximum absolute atomic E-state index is 13.0. The Kier molecular flexibility index (Phi) is 4.74. The SMILES string of the molecule is Cc1ccc([C@]2(C)NC(=O)N(CC(=O)N[C@@H]3CCOc4ccccc43)C2=O)cc1. The van der Waals surface area contributed by atoms with Crippen molar-refractivity contribution in [2.75, 3.05) is 13.2 Å². The maximum Gasteiger partial charge on any atom is 0.325 e. The largest absolute Gasteiger partial charge is 0.493 e. The van der Waals surface area contributed by atoms with Gasteiger partial charge < -0.3 is 15.4 Å². The zero-order valence-electron chi connectivity index (χ0n) is 16.4. The summed E-state index contributed by atoms with van der Waals surface area (Å²) in [6.45, 7) is 3.78. The number of hydrogen-bond donors (Lipinski definition) is 2. The second-order valence-electron chi connectivity index (χ2n) is 7.61. The van der Waals surface area contributed by atoms with E-state index in [0.29, 0.717) is 18.6 Å². The van der Waals surface area contributed by atoms with Crippen LogP contribution in [-0.4, -0.2) is 35.9 Å². The quantitative estimate of drug-likeness (QED) is 0.781. The topological polar surface area (TPSA) is 87.7 Å². The van der Waals surface area contributed by atoms with Crippen molar-refractivity contribution in [3.63, 3.8) is 0 Å². The Hall–Kier alpha value is -3.35. The summed E-state index contributed by atoms with van der Waals surface area (Å²) in [6.07, 6.45) is 0.629. The van der Waals surface area contributed by atoms with Gasteiger partial charge in [0.1, 0.15) is 17.8 Å². The molecule has 7 heteroatoms. The lowest BCUT2D eigenvalue weighted by Gasteiger charge is -2.27. The van der Waals surface area contributed by atoms with Crippen molar-refractivity contribution < 1.29 is 19.1 Å². The van der Waals surface area contributed by atoms with E-state index < -0.39 is 17.5 Å². The lowest BCUT2D eigenvalue weighted by Crippen LogP contribution is -2.44. The first kappa shape index (κ1) is 19.0. The zero-order valence-corrected chi connectivity index (χ0v) is 16.4. The van der Waals surface area contributed by atoms with Crippen molar-refractivity contribution in [1.29, 1.82) is 0 Å². The highest BCUT2D eigenvalue weighted by molar-refractivity contribution is 6.09. The van der Waals surface area contributed by atoms with E-state index in [4.69, 9.17) is 4.74 Å². The third kappa shape index (κ3) is 3.44. The van der Waals surface area contributed by atoms with Crippen LogP contribution in [0.4, 0.5) is 4.79 Å². The third-order valence-electron chi connectivity index (χ3n) is 5.50. The van der Waals surface area contributed by atoms with E-state index in [-0.39, 0.29) is 18.5 Å². The second kappa shape index (κ2) is 7.24. The average molecular weight is 393 g/mol. The molecule has 1 saturated heterocycles. The molecule has 0 saturated carbocycles. The fourth-order valence-corrected chi connectivity index (χ4v) is 3.80. The standard InChI is InChI=1S/C22H23N3O4/c1-14-7-9-15(10-8-14)22(2)20(27)25(21(28)24-22)13-19(26)23-17-11-12-29-18-6-4-3-5-16(17)18/h3-10,17H,11-13H2,1-2H3,(H,23,26)(H,24,28)/t17-,22+/m1/s1. The molecule has 2 N–H and O–H groups in total. The normalized spacial score (nSPS) is 23.2. The van der Waals surface area contributed by atoms with Gasteiger partial charge in [-0.1, -0.05) is 48.0 Å². The second-order valence-corrected chi connectivity index (χ2v) is 7.61. The first-order valence-corrected chi connectivity index (χ1v) is 9.61. The van der Waals surface area contributed by atoms with Crippen LogP contribution >= 0.6 is 0 Å². The van der Waals surface area contributed by atoms with Gasteiger partial charge in [0, 0.05) is 12.0 Å². The van der Waals surface area contributed by atoms with Crippen LogP contribution in [0.3, 0.4) is 0 Å². The number of ether oxygens (including phenoxy) is 1. The molecule has 2 aromatic rings. The first-order valence-electron chi connectivity index (χ1n) is 9.61. The first-order chi connectivity index (χ1) is 13.9. The maximum atomic E-state index is 13.0. The predicted molar refractivity (Wildman–Crippen MR) is 106 cm³/mol. The number of aryl methyl sites for hydroxylation is 1. The van der Waals surface area contributed by atoms with Crippen LogP contribution in [0, 0.1) is 6.92 Å². The minimum Gasteiger partial charge on any atom is -0.493 e. The van der Waals surface area contributed by atoms with Crippen LogP contribution < -0.4 is 15.4 Å². The van der Waals surface area contributed by atoms with Crippen molar-refractivity contribution in [2.45, 2.75) is 31.8 Å². The van der Waals surface area contributed by atoms with Gasteiger partial charge in [-0.25, -0.2) is 4.79 Å². The monoisotopic (exact) mass is 393 g/mol. The Morgan fingerprint density at radius 3 is 2.69 bits per heavy atom. The van der Waals surface area contributed by atoms with Gasteiger partial charge in [-0.15, -0.1) is 0 Å². The van der Waals surface area contributed by atoms with Gasteiger partial charge in [-0.2, -0.15) is 0 Å². The number of hydrogen-bond acceptors (Lipinski definition) is 4. The van der Waals surface area contributed by atoms with E-state index in [1.807, 2.05) is 55.5 Å². The Bertz CT molecular complexity index is 972. The lowest BCUT2D eigenvalue weighted by atomic mass is 9.91. The molecule has 7 nitrogen and oxygen atoms in total. The molecule has 0 unspecified atom stereocenters. The fraction of sp³-hybridized carbons (Fsp3) is 0.318. The number of nitrogens with one attached hydrogen (secondary N) is 2. The summed E-state index contributed by atoms with van der Waals surface area (Å²) in [5.74, 6) is -0.0803. The van der Waals surface area contributed by atoms with Crippen LogP contribution in [-0.2, 0) is 15.1 Å². The highest BCUT2D eigenvalue weighted by atomic mass is 16.5. The predicted octanol–water partition coefficient (Wildman–Crippen LogP) is 2.40. The molecule has 2 aliphatic heterocycles. The summed E-state index contributed by atoms with van der Waals surface area (Å²) >= 11 is 0. The van der Waals surface area contributed by atoms with Gasteiger partial charge in [0.25, 0.3) is 5.91 Å². The molecule has 2 aromatic carbocycles. The summed E-state index contributed by atoms with van der Waals surface area (Å²) in [4.78, 5) is 39.1. The van der Waals surface area contributed by atoms with Crippen LogP contribution in [0.15, 0.2) is 48.5 Å². The number of rotatable bonds is 4. The molecular formula is C22H23N3O4. The zero-order chi connectivity index (χ0) is 20.6. The van der Waals surface area contributed by atoms with Gasteiger partial charge in [0.15, 0.2) is 0 Å². The van der Waals surface area contributed by atoms with Crippen LogP contribution in [0.25, 0.3) is 0 Å². The Morgan fingerprint density at radius 2 is 1.93 bits per heavy atom. The molecule has 2 heterocycles. The van der Waals surface area contributed by atoms with Crippen molar-refractivity contribution in [3.8, 4) is 5.75 Å². The molecule has 4 amide bonds. The Labute approximate surface area is 169 Å². The molecule has 0 spiro atoms. The lowest BCUT2D eigenvalue weighted by molar-refractivity contribution is -0.135. The van der Waals surface area contributed by atoms with Crippen molar-refractivity contribution >= 4 is 17.8 Å². The van der Waals surface area contributed by atoms with Gasteiger partial charge in [-0.05, 0) is 25.5 Å². The number of urea groups is 1. The van der Waals surface area contributed by atoms with Gasteiger partial charge in [0.05, 0.1) is 12.6 Å². The van der Waals surface area contributed by atoms with E-state index in [2.05, 4.69) is 10.6 Å². The minimum absolute atomic E-state index is 0.211. The van der Waals surface area contributed by atoms with Crippen LogP contribution in [0.1, 0.15) is 36.1 Å². The van der Waals surface area contributed by atoms with E-state index in [1.54, 1.807) is 6.92 Å². The van der Waals surface area contributed by atoms with Crippen LogP contribution in [0.5, 0.6) is 5.75 Å². The van der Waals surface area contributed by atoms with Crippen molar-refractivity contribution in [3.05, 3.63) is 65.2 Å². The average Bonchev–Trinajstić information content (AvgIpc) is 2.92. The molecule has 4 rings (SSSR count). The van der Waals surface area contributed by atoms with E-state index in [1.165, 1.54) is 0 Å². The molecule has 2 atom stereocenters. The van der Waals surface area contributed by atoms with Crippen LogP contribution in [0.2, 0.25) is 0 Å².